The lowest BCUT2D eigenvalue weighted by Gasteiger charge is -2.26. The minimum Gasteiger partial charge on any atom is -0.379 e. The van der Waals surface area contributed by atoms with Crippen LogP contribution in [0.1, 0.15) is 36.7 Å². The molecule has 2 N–H and O–H groups in total. The molecule has 0 unspecified atom stereocenters. The third-order valence-corrected chi connectivity index (χ3v) is 4.86. The van der Waals surface area contributed by atoms with Crippen molar-refractivity contribution in [3.05, 3.63) is 53.9 Å². The lowest BCUT2D eigenvalue weighted by atomic mass is 9.87. The molecule has 1 aliphatic heterocycles. The number of aromatic nitrogens is 1. The van der Waals surface area contributed by atoms with Gasteiger partial charge in [-0.15, -0.1) is 0 Å². The van der Waals surface area contributed by atoms with Crippen LogP contribution in [-0.4, -0.2) is 55.2 Å². The van der Waals surface area contributed by atoms with Crippen molar-refractivity contribution in [1.29, 1.82) is 0 Å². The van der Waals surface area contributed by atoms with Gasteiger partial charge in [0.05, 0.1) is 30.7 Å². The number of nitrogens with zero attached hydrogens (tertiary/aromatic N) is 2. The maximum atomic E-state index is 12.4. The highest BCUT2D eigenvalue weighted by molar-refractivity contribution is 5.94. The van der Waals surface area contributed by atoms with Crippen molar-refractivity contribution in [2.24, 2.45) is 0 Å². The maximum absolute atomic E-state index is 12.4. The van der Waals surface area contributed by atoms with E-state index in [0.29, 0.717) is 12.1 Å². The minimum absolute atomic E-state index is 0.104. The quantitative estimate of drug-likeness (QED) is 0.803. The molecule has 1 amide bonds. The van der Waals surface area contributed by atoms with Crippen LogP contribution in [0.25, 0.3) is 0 Å². The number of rotatable bonds is 6. The maximum Gasteiger partial charge on any atom is 0.252 e. The topological polar surface area (TPSA) is 66.5 Å². The van der Waals surface area contributed by atoms with E-state index in [-0.39, 0.29) is 11.3 Å². The van der Waals surface area contributed by atoms with Crippen LogP contribution in [0.2, 0.25) is 0 Å². The number of ether oxygens (including phenoxy) is 1. The highest BCUT2D eigenvalue weighted by Gasteiger charge is 2.13. The van der Waals surface area contributed by atoms with Gasteiger partial charge in [-0.25, -0.2) is 0 Å². The van der Waals surface area contributed by atoms with Crippen LogP contribution < -0.4 is 10.6 Å². The van der Waals surface area contributed by atoms with Crippen molar-refractivity contribution in [3.63, 3.8) is 0 Å². The largest absolute Gasteiger partial charge is 0.379 e. The molecule has 150 valence electrons. The standard InChI is InChI=1S/C22H30N4O2/c1-22(2,3)18-4-6-19(7-5-18)25-20-14-17(15-23-16-20)21(27)24-8-9-26-10-12-28-13-11-26/h4-7,14-16,25H,8-13H2,1-3H3,(H,24,27). The van der Waals surface area contributed by atoms with Crippen molar-refractivity contribution in [2.45, 2.75) is 26.2 Å². The number of carbonyl (C=O) groups is 1. The van der Waals surface area contributed by atoms with E-state index in [0.717, 1.165) is 44.2 Å². The molecule has 0 saturated carbocycles. The molecule has 0 aliphatic carbocycles. The monoisotopic (exact) mass is 382 g/mol. The van der Waals surface area contributed by atoms with Crippen molar-refractivity contribution in [3.8, 4) is 0 Å². The fourth-order valence-corrected chi connectivity index (χ4v) is 3.11. The van der Waals surface area contributed by atoms with Crippen molar-refractivity contribution in [2.75, 3.05) is 44.7 Å². The minimum atomic E-state index is -0.104. The summed E-state index contributed by atoms with van der Waals surface area (Å²) in [4.78, 5) is 18.9. The summed E-state index contributed by atoms with van der Waals surface area (Å²) in [5.41, 5.74) is 3.73. The molecule has 0 spiro atoms. The Kier molecular flexibility index (Phi) is 6.65. The van der Waals surface area contributed by atoms with Crippen LogP contribution in [0.5, 0.6) is 0 Å². The molecule has 0 bridgehead atoms. The zero-order valence-electron chi connectivity index (χ0n) is 17.0. The summed E-state index contributed by atoms with van der Waals surface area (Å²) in [5, 5.41) is 6.29. The fourth-order valence-electron chi connectivity index (χ4n) is 3.11. The summed E-state index contributed by atoms with van der Waals surface area (Å²) < 4.78 is 5.34. The van der Waals surface area contributed by atoms with E-state index in [1.54, 1.807) is 12.4 Å². The Bertz CT molecular complexity index is 778. The first-order chi connectivity index (χ1) is 13.4. The Morgan fingerprint density at radius 3 is 2.50 bits per heavy atom. The second-order valence-corrected chi connectivity index (χ2v) is 8.12. The molecule has 0 atom stereocenters. The van der Waals surface area contributed by atoms with Crippen LogP contribution in [0.4, 0.5) is 11.4 Å². The first-order valence-electron chi connectivity index (χ1n) is 9.83. The van der Waals surface area contributed by atoms with Gasteiger partial charge in [0.2, 0.25) is 0 Å². The molecule has 28 heavy (non-hydrogen) atoms. The molecule has 1 saturated heterocycles. The SMILES string of the molecule is CC(C)(C)c1ccc(Nc2cncc(C(=O)NCCN3CCOCC3)c2)cc1. The lowest BCUT2D eigenvalue weighted by molar-refractivity contribution is 0.0383. The van der Waals surface area contributed by atoms with Crippen LogP contribution in [-0.2, 0) is 10.2 Å². The number of pyridine rings is 1. The molecule has 1 aromatic heterocycles. The number of anilines is 2. The Morgan fingerprint density at radius 2 is 1.82 bits per heavy atom. The predicted molar refractivity (Wildman–Crippen MR) is 112 cm³/mol. The fraction of sp³-hybridized carbons (Fsp3) is 0.455. The normalized spacial score (nSPS) is 15.2. The first kappa shape index (κ1) is 20.3. The van der Waals surface area contributed by atoms with E-state index < -0.39 is 0 Å². The molecule has 1 aromatic carbocycles. The van der Waals surface area contributed by atoms with Gasteiger partial charge >= 0.3 is 0 Å². The van der Waals surface area contributed by atoms with Gasteiger partial charge in [0.15, 0.2) is 0 Å². The number of hydrogen-bond donors (Lipinski definition) is 2. The van der Waals surface area contributed by atoms with E-state index in [9.17, 15) is 4.79 Å². The van der Waals surface area contributed by atoms with Crippen molar-refractivity contribution in [1.82, 2.24) is 15.2 Å². The number of amides is 1. The summed E-state index contributed by atoms with van der Waals surface area (Å²) in [6.45, 7) is 11.4. The third-order valence-electron chi connectivity index (χ3n) is 4.86. The van der Waals surface area contributed by atoms with Gasteiger partial charge in [-0.3, -0.25) is 14.7 Å². The molecule has 3 rings (SSSR count). The number of carbonyl (C=O) groups excluding carboxylic acids is 1. The number of hydrogen-bond acceptors (Lipinski definition) is 5. The molecule has 0 radical (unpaired) electrons. The van der Waals surface area contributed by atoms with Gasteiger partial charge in [0.1, 0.15) is 0 Å². The van der Waals surface area contributed by atoms with E-state index in [2.05, 4.69) is 65.6 Å². The van der Waals surface area contributed by atoms with Crippen LogP contribution >= 0.6 is 0 Å². The van der Waals surface area contributed by atoms with E-state index in [1.807, 2.05) is 6.07 Å². The van der Waals surface area contributed by atoms with Gasteiger partial charge in [-0.1, -0.05) is 32.9 Å². The molecular weight excluding hydrogens is 352 g/mol. The molecule has 1 fully saturated rings. The van der Waals surface area contributed by atoms with E-state index >= 15 is 0 Å². The highest BCUT2D eigenvalue weighted by Crippen LogP contribution is 2.25. The van der Waals surface area contributed by atoms with Gasteiger partial charge in [-0.2, -0.15) is 0 Å². The van der Waals surface area contributed by atoms with E-state index in [1.165, 1.54) is 5.56 Å². The lowest BCUT2D eigenvalue weighted by Crippen LogP contribution is -2.41. The number of benzene rings is 1. The summed E-state index contributed by atoms with van der Waals surface area (Å²) in [5.74, 6) is -0.104. The van der Waals surface area contributed by atoms with Gasteiger partial charge in [0, 0.05) is 38.1 Å². The van der Waals surface area contributed by atoms with Gasteiger partial charge in [0.25, 0.3) is 5.91 Å². The Morgan fingerprint density at radius 1 is 1.11 bits per heavy atom. The zero-order valence-corrected chi connectivity index (χ0v) is 17.0. The van der Waals surface area contributed by atoms with Gasteiger partial charge in [-0.05, 0) is 29.2 Å². The molecule has 6 nitrogen and oxygen atoms in total. The second kappa shape index (κ2) is 9.17. The summed E-state index contributed by atoms with van der Waals surface area (Å²) in [6.07, 6.45) is 3.32. The summed E-state index contributed by atoms with van der Waals surface area (Å²) in [7, 11) is 0. The molecular formula is C22H30N4O2. The van der Waals surface area contributed by atoms with Gasteiger partial charge < -0.3 is 15.4 Å². The molecule has 6 heteroatoms. The second-order valence-electron chi connectivity index (χ2n) is 8.12. The van der Waals surface area contributed by atoms with Crippen LogP contribution in [0.15, 0.2) is 42.7 Å². The zero-order chi connectivity index (χ0) is 20.0. The van der Waals surface area contributed by atoms with Crippen LogP contribution in [0, 0.1) is 0 Å². The third kappa shape index (κ3) is 5.78. The Labute approximate surface area is 167 Å². The predicted octanol–water partition coefficient (Wildman–Crippen LogP) is 3.18. The highest BCUT2D eigenvalue weighted by atomic mass is 16.5. The molecule has 2 aromatic rings. The Hall–Kier alpha value is -2.44. The number of nitrogens with one attached hydrogen (secondary N) is 2. The van der Waals surface area contributed by atoms with Crippen molar-refractivity contribution >= 4 is 17.3 Å². The smallest absolute Gasteiger partial charge is 0.252 e. The van der Waals surface area contributed by atoms with E-state index in [4.69, 9.17) is 4.74 Å². The first-order valence-corrected chi connectivity index (χ1v) is 9.83. The Balaban J connectivity index is 1.54. The van der Waals surface area contributed by atoms with Crippen LogP contribution in [0.3, 0.4) is 0 Å². The summed E-state index contributed by atoms with van der Waals surface area (Å²) in [6, 6.07) is 10.2. The van der Waals surface area contributed by atoms with Crippen molar-refractivity contribution < 1.29 is 9.53 Å². The molecule has 1 aliphatic rings. The average Bonchev–Trinajstić information content (AvgIpc) is 2.69. The number of morpholine rings is 1. The summed E-state index contributed by atoms with van der Waals surface area (Å²) >= 11 is 0. The average molecular weight is 383 g/mol. The molecule has 2 heterocycles.